The van der Waals surface area contributed by atoms with E-state index < -0.39 is 5.41 Å². The van der Waals surface area contributed by atoms with Crippen LogP contribution in [-0.4, -0.2) is 33.2 Å². The number of pyridine rings is 1. The first-order chi connectivity index (χ1) is 25.0. The van der Waals surface area contributed by atoms with Gasteiger partial charge in [-0.25, -0.2) is 15.0 Å². The van der Waals surface area contributed by atoms with Crippen molar-refractivity contribution in [3.05, 3.63) is 174 Å². The molecule has 0 bridgehead atoms. The second-order valence-corrected chi connectivity index (χ2v) is 14.1. The number of para-hydroxylation sites is 1. The van der Waals surface area contributed by atoms with E-state index in [1.807, 2.05) is 12.3 Å². The first-order valence-electron chi connectivity index (χ1n) is 17.6. The molecule has 0 fully saturated rings. The first-order valence-corrected chi connectivity index (χ1v) is 17.6. The molecule has 3 aromatic heterocycles. The summed E-state index contributed by atoms with van der Waals surface area (Å²) in [4.78, 5) is 18.8. The van der Waals surface area contributed by atoms with Gasteiger partial charge in [-0.1, -0.05) is 105 Å². The Hall–Kier alpha value is -6.27. The summed E-state index contributed by atoms with van der Waals surface area (Å²) >= 11 is 0. The number of fused-ring (bicyclic) bond motifs is 7. The lowest BCUT2D eigenvalue weighted by Crippen LogP contribution is -2.30. The molecule has 246 valence electrons. The van der Waals surface area contributed by atoms with Gasteiger partial charge in [-0.05, 0) is 81.3 Å². The monoisotopic (exact) mass is 660 g/mol. The zero-order chi connectivity index (χ0) is 34.3. The van der Waals surface area contributed by atoms with Gasteiger partial charge in [-0.2, -0.15) is 0 Å². The highest BCUT2D eigenvalue weighted by atomic mass is 15.4. The molecule has 5 aromatic carbocycles. The maximum atomic E-state index is 4.85. The number of nitrogens with zero attached hydrogens (tertiary/aromatic N) is 6. The predicted molar refractivity (Wildman–Crippen MR) is 207 cm³/mol. The summed E-state index contributed by atoms with van der Waals surface area (Å²) in [7, 11) is 2.08. The second-order valence-electron chi connectivity index (χ2n) is 14.1. The molecule has 0 atom stereocenters. The third kappa shape index (κ3) is 4.20. The van der Waals surface area contributed by atoms with E-state index in [9.17, 15) is 0 Å². The molecule has 8 aromatic rings. The van der Waals surface area contributed by atoms with Crippen LogP contribution in [0.15, 0.2) is 146 Å². The van der Waals surface area contributed by atoms with Crippen LogP contribution < -0.4 is 9.80 Å². The maximum Gasteiger partial charge on any atom is 0.178 e. The number of benzene rings is 5. The van der Waals surface area contributed by atoms with E-state index in [0.717, 1.165) is 34.2 Å². The molecular weight excluding hydrogens is 625 g/mol. The van der Waals surface area contributed by atoms with Crippen molar-refractivity contribution in [1.82, 2.24) is 19.5 Å². The van der Waals surface area contributed by atoms with Gasteiger partial charge in [-0.3, -0.25) is 4.57 Å². The zero-order valence-electron chi connectivity index (χ0n) is 28.8. The van der Waals surface area contributed by atoms with Crippen LogP contribution in [-0.2, 0) is 5.41 Å². The standard InChI is InChI=1S/C45H36N6/c1-29(2)30-24-32(26-33(25-30)50-28-49(3)43-44(50)48-23-22-47-43)45(38-15-7-4-12-34(38)35-13-5-8-16-39(35)45)31-19-20-37-36-14-6-9-17-40(36)51(41(37)27-31)42-18-10-11-21-46-42/h4-27,29H,28H2,1-3H3. The van der Waals surface area contributed by atoms with Crippen LogP contribution in [0.3, 0.4) is 0 Å². The van der Waals surface area contributed by atoms with Gasteiger partial charge in [0.25, 0.3) is 0 Å². The van der Waals surface area contributed by atoms with E-state index in [-0.39, 0.29) is 0 Å². The third-order valence-corrected chi connectivity index (χ3v) is 10.9. The number of aromatic nitrogens is 4. The quantitative estimate of drug-likeness (QED) is 0.184. The van der Waals surface area contributed by atoms with Crippen LogP contribution >= 0.6 is 0 Å². The minimum absolute atomic E-state index is 0.309. The molecule has 0 N–H and O–H groups in total. The van der Waals surface area contributed by atoms with Crippen LogP contribution in [0.5, 0.6) is 0 Å². The van der Waals surface area contributed by atoms with Crippen molar-refractivity contribution in [2.75, 3.05) is 23.5 Å². The molecule has 0 unspecified atom stereocenters. The summed E-state index contributed by atoms with van der Waals surface area (Å²) in [6, 6.07) is 47.1. The summed E-state index contributed by atoms with van der Waals surface area (Å²) < 4.78 is 2.32. The number of rotatable bonds is 5. The highest BCUT2D eigenvalue weighted by Gasteiger charge is 2.47. The van der Waals surface area contributed by atoms with Gasteiger partial charge in [0.15, 0.2) is 11.6 Å². The average Bonchev–Trinajstić information content (AvgIpc) is 3.81. The van der Waals surface area contributed by atoms with Crippen molar-refractivity contribution < 1.29 is 0 Å². The van der Waals surface area contributed by atoms with Crippen LogP contribution in [0.25, 0.3) is 38.8 Å². The molecule has 6 heteroatoms. The van der Waals surface area contributed by atoms with E-state index in [2.05, 4.69) is 162 Å². The number of hydrogen-bond acceptors (Lipinski definition) is 5. The Balaban J connectivity index is 1.32. The zero-order valence-corrected chi connectivity index (χ0v) is 28.8. The molecule has 10 rings (SSSR count). The molecular formula is C45H36N6. The van der Waals surface area contributed by atoms with Crippen LogP contribution in [0.2, 0.25) is 0 Å². The van der Waals surface area contributed by atoms with Crippen LogP contribution in [0, 0.1) is 0 Å². The fourth-order valence-electron chi connectivity index (χ4n) is 8.63. The minimum atomic E-state index is -0.594. The van der Waals surface area contributed by atoms with Crippen molar-refractivity contribution in [3.8, 4) is 16.9 Å². The Morgan fingerprint density at radius 2 is 1.27 bits per heavy atom. The van der Waals surface area contributed by atoms with E-state index in [0.29, 0.717) is 12.6 Å². The van der Waals surface area contributed by atoms with Crippen molar-refractivity contribution in [2.24, 2.45) is 0 Å². The smallest absolute Gasteiger partial charge is 0.178 e. The summed E-state index contributed by atoms with van der Waals surface area (Å²) in [5.41, 5.74) is 11.7. The Labute approximate surface area is 297 Å². The Bertz CT molecular complexity index is 2590. The lowest BCUT2D eigenvalue weighted by atomic mass is 9.67. The minimum Gasteiger partial charge on any atom is -0.338 e. The maximum absolute atomic E-state index is 4.85. The molecule has 0 spiro atoms. The van der Waals surface area contributed by atoms with Gasteiger partial charge < -0.3 is 9.80 Å². The summed E-state index contributed by atoms with van der Waals surface area (Å²) in [6.45, 7) is 5.25. The van der Waals surface area contributed by atoms with Crippen LogP contribution in [0.4, 0.5) is 17.3 Å². The van der Waals surface area contributed by atoms with Gasteiger partial charge in [0.05, 0.1) is 23.1 Å². The largest absolute Gasteiger partial charge is 0.338 e. The Kier molecular flexibility index (Phi) is 6.46. The normalized spacial score (nSPS) is 14.4. The molecule has 2 aliphatic rings. The fourth-order valence-corrected chi connectivity index (χ4v) is 8.63. The highest BCUT2D eigenvalue weighted by molar-refractivity contribution is 6.09. The van der Waals surface area contributed by atoms with Crippen molar-refractivity contribution in [3.63, 3.8) is 0 Å². The Morgan fingerprint density at radius 1 is 0.588 bits per heavy atom. The van der Waals surface area contributed by atoms with Crippen molar-refractivity contribution >= 4 is 39.1 Å². The first kappa shape index (κ1) is 29.6. The van der Waals surface area contributed by atoms with E-state index in [1.54, 1.807) is 12.4 Å². The van der Waals surface area contributed by atoms with Gasteiger partial charge >= 0.3 is 0 Å². The van der Waals surface area contributed by atoms with Gasteiger partial charge in [0, 0.05) is 42.1 Å². The Morgan fingerprint density at radius 3 is 2.02 bits per heavy atom. The fraction of sp³-hybridized carbons (Fsp3) is 0.133. The van der Waals surface area contributed by atoms with Crippen molar-refractivity contribution in [2.45, 2.75) is 25.2 Å². The summed E-state index contributed by atoms with van der Waals surface area (Å²) in [5, 5.41) is 2.43. The molecule has 1 aliphatic carbocycles. The van der Waals surface area contributed by atoms with E-state index >= 15 is 0 Å². The van der Waals surface area contributed by atoms with E-state index in [4.69, 9.17) is 9.97 Å². The topological polar surface area (TPSA) is 50.1 Å². The molecule has 1 aliphatic heterocycles. The lowest BCUT2D eigenvalue weighted by molar-refractivity contribution is 0.760. The van der Waals surface area contributed by atoms with Crippen LogP contribution in [0.1, 0.15) is 47.6 Å². The molecule has 4 heterocycles. The molecule has 0 saturated heterocycles. The van der Waals surface area contributed by atoms with Crippen molar-refractivity contribution in [1.29, 1.82) is 0 Å². The number of hydrogen-bond donors (Lipinski definition) is 0. The van der Waals surface area contributed by atoms with Gasteiger partial charge in [0.2, 0.25) is 0 Å². The molecule has 51 heavy (non-hydrogen) atoms. The second kappa shape index (κ2) is 11.1. The summed E-state index contributed by atoms with van der Waals surface area (Å²) in [6.07, 6.45) is 5.44. The molecule has 0 amide bonds. The molecule has 6 nitrogen and oxygen atoms in total. The van der Waals surface area contributed by atoms with Gasteiger partial charge in [0.1, 0.15) is 5.82 Å². The average molecular weight is 661 g/mol. The van der Waals surface area contributed by atoms with Gasteiger partial charge in [-0.15, -0.1) is 0 Å². The molecule has 0 radical (unpaired) electrons. The summed E-state index contributed by atoms with van der Waals surface area (Å²) in [5.74, 6) is 3.00. The predicted octanol–water partition coefficient (Wildman–Crippen LogP) is 10.0. The third-order valence-electron chi connectivity index (χ3n) is 10.9. The van der Waals surface area contributed by atoms with E-state index in [1.165, 1.54) is 49.7 Å². The lowest BCUT2D eigenvalue weighted by Gasteiger charge is -2.35. The highest BCUT2D eigenvalue weighted by Crippen LogP contribution is 2.57. The SMILES string of the molecule is CC(C)c1cc(N2CN(C)c3nccnc32)cc(C2(c3ccc4c5ccccc5n(-c5ccccn5)c4c3)c3ccccc3-c3ccccc32)c1. The molecule has 0 saturated carbocycles. The number of anilines is 3.